The number of halogens is 2. The molecular formula is C14H17F2NO. The lowest BCUT2D eigenvalue weighted by atomic mass is 9.99. The van der Waals surface area contributed by atoms with Gasteiger partial charge in [-0.1, -0.05) is 6.92 Å². The minimum atomic E-state index is -0.777. The summed E-state index contributed by atoms with van der Waals surface area (Å²) in [6.45, 7) is 2.69. The van der Waals surface area contributed by atoms with E-state index in [0.717, 1.165) is 37.8 Å². The van der Waals surface area contributed by atoms with Gasteiger partial charge in [0.15, 0.2) is 0 Å². The molecular weight excluding hydrogens is 236 g/mol. The highest BCUT2D eigenvalue weighted by atomic mass is 19.1. The highest BCUT2D eigenvalue weighted by molar-refractivity contribution is 5.94. The monoisotopic (exact) mass is 253 g/mol. The van der Waals surface area contributed by atoms with E-state index in [-0.39, 0.29) is 17.5 Å². The van der Waals surface area contributed by atoms with Crippen LogP contribution in [0.4, 0.5) is 8.78 Å². The summed E-state index contributed by atoms with van der Waals surface area (Å²) in [5.74, 6) is -1.76. The predicted octanol–water partition coefficient (Wildman–Crippen LogP) is 3.37. The first-order valence-corrected chi connectivity index (χ1v) is 6.39. The van der Waals surface area contributed by atoms with Gasteiger partial charge in [0, 0.05) is 18.7 Å². The van der Waals surface area contributed by atoms with Crippen LogP contribution in [0, 0.1) is 11.6 Å². The molecule has 2 nitrogen and oxygen atoms in total. The summed E-state index contributed by atoms with van der Waals surface area (Å²) in [6, 6.07) is 3.30. The Morgan fingerprint density at radius 1 is 1.39 bits per heavy atom. The fourth-order valence-corrected chi connectivity index (χ4v) is 2.51. The molecule has 4 heteroatoms. The van der Waals surface area contributed by atoms with Crippen molar-refractivity contribution in [2.75, 3.05) is 6.54 Å². The summed E-state index contributed by atoms with van der Waals surface area (Å²) in [6.07, 6.45) is 3.89. The lowest BCUT2D eigenvalue weighted by Gasteiger charge is -2.35. The Balaban J connectivity index is 2.24. The molecule has 0 saturated carbocycles. The van der Waals surface area contributed by atoms with Gasteiger partial charge in [0.25, 0.3) is 5.91 Å². The number of rotatable bonds is 2. The van der Waals surface area contributed by atoms with Crippen LogP contribution in [0.1, 0.15) is 43.0 Å². The van der Waals surface area contributed by atoms with Gasteiger partial charge in [0.1, 0.15) is 11.6 Å². The SMILES string of the molecule is CC[C@@H]1CCCCN1C(=O)c1ccc(F)cc1F. The van der Waals surface area contributed by atoms with E-state index >= 15 is 0 Å². The van der Waals surface area contributed by atoms with E-state index in [9.17, 15) is 13.6 Å². The van der Waals surface area contributed by atoms with Gasteiger partial charge in [-0.25, -0.2) is 8.78 Å². The molecule has 18 heavy (non-hydrogen) atoms. The number of piperidine rings is 1. The molecule has 1 aromatic rings. The van der Waals surface area contributed by atoms with Crippen molar-refractivity contribution >= 4 is 5.91 Å². The molecule has 0 aromatic heterocycles. The maximum absolute atomic E-state index is 13.6. The van der Waals surface area contributed by atoms with Gasteiger partial charge in [0.05, 0.1) is 5.56 Å². The van der Waals surface area contributed by atoms with Crippen LogP contribution >= 0.6 is 0 Å². The first-order valence-electron chi connectivity index (χ1n) is 6.39. The van der Waals surface area contributed by atoms with Gasteiger partial charge in [-0.05, 0) is 37.8 Å². The van der Waals surface area contributed by atoms with E-state index in [1.165, 1.54) is 6.07 Å². The van der Waals surface area contributed by atoms with Gasteiger partial charge >= 0.3 is 0 Å². The van der Waals surface area contributed by atoms with E-state index < -0.39 is 11.6 Å². The molecule has 1 saturated heterocycles. The molecule has 0 bridgehead atoms. The van der Waals surface area contributed by atoms with Crippen LogP contribution in [0.25, 0.3) is 0 Å². The number of hydrogen-bond acceptors (Lipinski definition) is 1. The average Bonchev–Trinajstić information content (AvgIpc) is 2.38. The van der Waals surface area contributed by atoms with Crippen LogP contribution in [-0.4, -0.2) is 23.4 Å². The zero-order valence-electron chi connectivity index (χ0n) is 10.5. The third kappa shape index (κ3) is 2.52. The molecule has 0 radical (unpaired) electrons. The highest BCUT2D eigenvalue weighted by Gasteiger charge is 2.27. The largest absolute Gasteiger partial charge is 0.336 e. The van der Waals surface area contributed by atoms with Crippen molar-refractivity contribution in [3.05, 3.63) is 35.4 Å². The van der Waals surface area contributed by atoms with Gasteiger partial charge in [-0.3, -0.25) is 4.79 Å². The summed E-state index contributed by atoms with van der Waals surface area (Å²) in [5.41, 5.74) is -0.0308. The number of carbonyl (C=O) groups excluding carboxylic acids is 1. The molecule has 98 valence electrons. The molecule has 0 aliphatic carbocycles. The van der Waals surface area contributed by atoms with Crippen LogP contribution in [0.3, 0.4) is 0 Å². The van der Waals surface area contributed by atoms with Gasteiger partial charge in [-0.15, -0.1) is 0 Å². The van der Waals surface area contributed by atoms with E-state index in [1.54, 1.807) is 4.90 Å². The lowest BCUT2D eigenvalue weighted by Crippen LogP contribution is -2.43. The van der Waals surface area contributed by atoms with Gasteiger partial charge in [-0.2, -0.15) is 0 Å². The van der Waals surface area contributed by atoms with Crippen molar-refractivity contribution in [2.45, 2.75) is 38.6 Å². The smallest absolute Gasteiger partial charge is 0.257 e. The molecule has 0 spiro atoms. The lowest BCUT2D eigenvalue weighted by molar-refractivity contribution is 0.0603. The van der Waals surface area contributed by atoms with Crippen LogP contribution in [0.2, 0.25) is 0 Å². The van der Waals surface area contributed by atoms with Crippen molar-refractivity contribution < 1.29 is 13.6 Å². The molecule has 1 aliphatic heterocycles. The molecule has 1 aromatic carbocycles. The minimum absolute atomic E-state index is 0.0308. The fourth-order valence-electron chi connectivity index (χ4n) is 2.51. The Kier molecular flexibility index (Phi) is 3.94. The normalized spacial score (nSPS) is 19.9. The van der Waals surface area contributed by atoms with Crippen molar-refractivity contribution in [3.63, 3.8) is 0 Å². The zero-order valence-corrected chi connectivity index (χ0v) is 10.5. The summed E-state index contributed by atoms with van der Waals surface area (Å²) < 4.78 is 26.4. The fraction of sp³-hybridized carbons (Fsp3) is 0.500. The number of nitrogens with zero attached hydrogens (tertiary/aromatic N) is 1. The topological polar surface area (TPSA) is 20.3 Å². The first-order chi connectivity index (χ1) is 8.63. The summed E-state index contributed by atoms with van der Waals surface area (Å²) >= 11 is 0. The standard InChI is InChI=1S/C14H17F2NO/c1-2-11-5-3-4-8-17(11)14(18)12-7-6-10(15)9-13(12)16/h6-7,9,11H,2-5,8H2,1H3/t11-/m1/s1. The summed E-state index contributed by atoms with van der Waals surface area (Å²) in [5, 5.41) is 0. The second-order valence-corrected chi connectivity index (χ2v) is 4.68. The van der Waals surface area contributed by atoms with E-state index in [0.29, 0.717) is 6.54 Å². The summed E-state index contributed by atoms with van der Waals surface area (Å²) in [7, 11) is 0. The Hall–Kier alpha value is -1.45. The molecule has 1 amide bonds. The van der Waals surface area contributed by atoms with Crippen molar-refractivity contribution in [2.24, 2.45) is 0 Å². The second kappa shape index (κ2) is 5.46. The maximum Gasteiger partial charge on any atom is 0.257 e. The van der Waals surface area contributed by atoms with E-state index in [2.05, 4.69) is 0 Å². The molecule has 0 unspecified atom stereocenters. The van der Waals surface area contributed by atoms with E-state index in [1.807, 2.05) is 6.92 Å². The average molecular weight is 253 g/mol. The number of benzene rings is 1. The molecule has 0 N–H and O–H groups in total. The van der Waals surface area contributed by atoms with Gasteiger partial charge < -0.3 is 4.90 Å². The highest BCUT2D eigenvalue weighted by Crippen LogP contribution is 2.22. The molecule has 2 rings (SSSR count). The first kappa shape index (κ1) is 13.0. The summed E-state index contributed by atoms with van der Waals surface area (Å²) in [4.78, 5) is 14.0. The molecule has 1 aliphatic rings. The molecule has 1 fully saturated rings. The third-order valence-electron chi connectivity index (χ3n) is 3.52. The van der Waals surface area contributed by atoms with Crippen molar-refractivity contribution in [3.8, 4) is 0 Å². The van der Waals surface area contributed by atoms with Crippen LogP contribution < -0.4 is 0 Å². The van der Waals surface area contributed by atoms with Crippen LogP contribution in [0.15, 0.2) is 18.2 Å². The van der Waals surface area contributed by atoms with Crippen molar-refractivity contribution in [1.29, 1.82) is 0 Å². The number of likely N-dealkylation sites (tertiary alicyclic amines) is 1. The Labute approximate surface area is 106 Å². The Morgan fingerprint density at radius 2 is 2.17 bits per heavy atom. The van der Waals surface area contributed by atoms with Crippen LogP contribution in [0.5, 0.6) is 0 Å². The Bertz CT molecular complexity index is 447. The quantitative estimate of drug-likeness (QED) is 0.791. The number of amides is 1. The predicted molar refractivity (Wildman–Crippen MR) is 65.3 cm³/mol. The maximum atomic E-state index is 13.6. The minimum Gasteiger partial charge on any atom is -0.336 e. The van der Waals surface area contributed by atoms with Crippen molar-refractivity contribution in [1.82, 2.24) is 4.90 Å². The molecule has 1 atom stereocenters. The van der Waals surface area contributed by atoms with E-state index in [4.69, 9.17) is 0 Å². The number of hydrogen-bond donors (Lipinski definition) is 0. The second-order valence-electron chi connectivity index (χ2n) is 4.68. The van der Waals surface area contributed by atoms with Gasteiger partial charge in [0.2, 0.25) is 0 Å². The number of carbonyl (C=O) groups is 1. The molecule has 1 heterocycles. The van der Waals surface area contributed by atoms with Crippen LogP contribution in [-0.2, 0) is 0 Å². The third-order valence-corrected chi connectivity index (χ3v) is 3.52. The zero-order chi connectivity index (χ0) is 13.1. The Morgan fingerprint density at radius 3 is 2.83 bits per heavy atom.